The maximum absolute atomic E-state index is 4.94. The van der Waals surface area contributed by atoms with Gasteiger partial charge in [0.15, 0.2) is 0 Å². The van der Waals surface area contributed by atoms with Gasteiger partial charge in [0.1, 0.15) is 5.01 Å². The number of hydrogen-bond acceptors (Lipinski definition) is 4. The maximum Gasteiger partial charge on any atom is 0.127 e. The van der Waals surface area contributed by atoms with Crippen LogP contribution in [0.4, 0.5) is 0 Å². The van der Waals surface area contributed by atoms with E-state index in [1.807, 2.05) is 23.1 Å². The van der Waals surface area contributed by atoms with Crippen LogP contribution in [0.2, 0.25) is 0 Å². The van der Waals surface area contributed by atoms with E-state index in [4.69, 9.17) is 4.98 Å². The van der Waals surface area contributed by atoms with Gasteiger partial charge in [-0.15, -0.1) is 11.3 Å². The summed E-state index contributed by atoms with van der Waals surface area (Å²) in [4.78, 5) is 6.39. The maximum atomic E-state index is 4.94. The fraction of sp³-hybridized carbons (Fsp3) is 0.625. The average Bonchev–Trinajstić information content (AvgIpc) is 2.98. The Bertz CT molecular complexity index is 641. The minimum atomic E-state index is 0.497. The van der Waals surface area contributed by atoms with Crippen molar-refractivity contribution in [3.63, 3.8) is 0 Å². The number of thiazole rings is 1. The zero-order valence-corrected chi connectivity index (χ0v) is 14.2. The molecule has 0 spiro atoms. The molecule has 114 valence electrons. The van der Waals surface area contributed by atoms with Gasteiger partial charge in [-0.1, -0.05) is 6.92 Å². The molecule has 1 aliphatic rings. The SMILES string of the molecule is CCCNC1CCCc2nc(-c3c(C)nn(C)c3C)sc21. The molecule has 0 bridgehead atoms. The molecule has 2 aromatic heterocycles. The number of nitrogens with one attached hydrogen (secondary N) is 1. The lowest BCUT2D eigenvalue weighted by atomic mass is 9.98. The fourth-order valence-electron chi connectivity index (χ4n) is 3.12. The van der Waals surface area contributed by atoms with E-state index in [0.717, 1.165) is 23.7 Å². The molecule has 4 nitrogen and oxygen atoms in total. The minimum Gasteiger partial charge on any atom is -0.309 e. The Morgan fingerprint density at radius 1 is 1.38 bits per heavy atom. The molecule has 0 radical (unpaired) electrons. The molecule has 0 fully saturated rings. The van der Waals surface area contributed by atoms with Gasteiger partial charge in [0.2, 0.25) is 0 Å². The van der Waals surface area contributed by atoms with Crippen molar-refractivity contribution in [3.8, 4) is 10.6 Å². The molecule has 0 saturated heterocycles. The zero-order valence-electron chi connectivity index (χ0n) is 13.4. The van der Waals surface area contributed by atoms with Crippen molar-refractivity contribution in [1.82, 2.24) is 20.1 Å². The second-order valence-electron chi connectivity index (χ2n) is 5.90. The molecular formula is C16H24N4S. The molecule has 21 heavy (non-hydrogen) atoms. The van der Waals surface area contributed by atoms with Crippen molar-refractivity contribution in [3.05, 3.63) is 22.0 Å². The number of aromatic nitrogens is 3. The Morgan fingerprint density at radius 3 is 2.86 bits per heavy atom. The van der Waals surface area contributed by atoms with E-state index in [9.17, 15) is 0 Å². The molecule has 2 aromatic rings. The predicted molar refractivity (Wildman–Crippen MR) is 87.8 cm³/mol. The molecule has 1 atom stereocenters. The lowest BCUT2D eigenvalue weighted by Gasteiger charge is -2.22. The Kier molecular flexibility index (Phi) is 4.13. The van der Waals surface area contributed by atoms with Crippen molar-refractivity contribution < 1.29 is 0 Å². The predicted octanol–water partition coefficient (Wildman–Crippen LogP) is 3.54. The molecule has 1 unspecified atom stereocenters. The summed E-state index contributed by atoms with van der Waals surface area (Å²) < 4.78 is 1.96. The van der Waals surface area contributed by atoms with Crippen LogP contribution in [0.15, 0.2) is 0 Å². The van der Waals surface area contributed by atoms with Gasteiger partial charge in [0.05, 0.1) is 17.0 Å². The van der Waals surface area contributed by atoms with Crippen LogP contribution in [-0.2, 0) is 13.5 Å². The van der Waals surface area contributed by atoms with Crippen LogP contribution >= 0.6 is 11.3 Å². The van der Waals surface area contributed by atoms with Crippen molar-refractivity contribution in [1.29, 1.82) is 0 Å². The standard InChI is InChI=1S/C16H24N4S/c1-5-9-17-12-7-6-8-13-15(12)21-16(18-13)14-10(2)19-20(4)11(14)3/h12,17H,5-9H2,1-4H3. The highest BCUT2D eigenvalue weighted by molar-refractivity contribution is 7.15. The molecule has 1 aliphatic carbocycles. The number of fused-ring (bicyclic) bond motifs is 1. The minimum absolute atomic E-state index is 0.497. The van der Waals surface area contributed by atoms with E-state index in [1.165, 1.54) is 41.1 Å². The van der Waals surface area contributed by atoms with E-state index in [-0.39, 0.29) is 0 Å². The van der Waals surface area contributed by atoms with E-state index >= 15 is 0 Å². The Morgan fingerprint density at radius 2 is 2.19 bits per heavy atom. The first-order valence-electron chi connectivity index (χ1n) is 7.85. The smallest absolute Gasteiger partial charge is 0.127 e. The summed E-state index contributed by atoms with van der Waals surface area (Å²) in [5, 5.41) is 9.35. The van der Waals surface area contributed by atoms with Gasteiger partial charge in [0, 0.05) is 23.7 Å². The molecule has 5 heteroatoms. The molecule has 2 heterocycles. The summed E-state index contributed by atoms with van der Waals surface area (Å²) in [5.41, 5.74) is 4.82. The van der Waals surface area contributed by atoms with Gasteiger partial charge >= 0.3 is 0 Å². The summed E-state index contributed by atoms with van der Waals surface area (Å²) in [5.74, 6) is 0. The van der Waals surface area contributed by atoms with E-state index in [1.54, 1.807) is 0 Å². The third kappa shape index (κ3) is 2.64. The number of rotatable bonds is 4. The molecule has 1 N–H and O–H groups in total. The second-order valence-corrected chi connectivity index (χ2v) is 6.93. The zero-order chi connectivity index (χ0) is 15.0. The van der Waals surface area contributed by atoms with Gasteiger partial charge in [-0.2, -0.15) is 5.10 Å². The average molecular weight is 304 g/mol. The third-order valence-corrected chi connectivity index (χ3v) is 5.54. The third-order valence-electron chi connectivity index (χ3n) is 4.31. The summed E-state index contributed by atoms with van der Waals surface area (Å²) in [6, 6.07) is 0.497. The van der Waals surface area contributed by atoms with Crippen molar-refractivity contribution in [2.24, 2.45) is 7.05 Å². The lowest BCUT2D eigenvalue weighted by Crippen LogP contribution is -2.24. The molecule has 0 aliphatic heterocycles. The first kappa shape index (κ1) is 14.7. The van der Waals surface area contributed by atoms with Crippen molar-refractivity contribution in [2.75, 3.05) is 6.54 Å². The Hall–Kier alpha value is -1.20. The molecule has 0 amide bonds. The van der Waals surface area contributed by atoms with Gasteiger partial charge in [-0.3, -0.25) is 4.68 Å². The molecule has 0 aromatic carbocycles. The van der Waals surface area contributed by atoms with Crippen LogP contribution in [0.1, 0.15) is 54.2 Å². The van der Waals surface area contributed by atoms with Crippen LogP contribution in [0.25, 0.3) is 10.6 Å². The van der Waals surface area contributed by atoms with Gasteiger partial charge in [-0.05, 0) is 46.1 Å². The van der Waals surface area contributed by atoms with Gasteiger partial charge in [0.25, 0.3) is 0 Å². The van der Waals surface area contributed by atoms with Crippen LogP contribution in [0.3, 0.4) is 0 Å². The van der Waals surface area contributed by atoms with E-state index in [0.29, 0.717) is 6.04 Å². The highest BCUT2D eigenvalue weighted by Gasteiger charge is 2.26. The van der Waals surface area contributed by atoms with Crippen LogP contribution < -0.4 is 5.32 Å². The van der Waals surface area contributed by atoms with Gasteiger partial charge in [-0.25, -0.2) is 4.98 Å². The largest absolute Gasteiger partial charge is 0.309 e. The van der Waals surface area contributed by atoms with Crippen molar-refractivity contribution >= 4 is 11.3 Å². The highest BCUT2D eigenvalue weighted by Crippen LogP contribution is 2.39. The van der Waals surface area contributed by atoms with Crippen molar-refractivity contribution in [2.45, 2.75) is 52.5 Å². The number of aryl methyl sites for hydroxylation is 3. The second kappa shape index (κ2) is 5.89. The van der Waals surface area contributed by atoms with Crippen LogP contribution in [-0.4, -0.2) is 21.3 Å². The first-order chi connectivity index (χ1) is 10.1. The summed E-state index contributed by atoms with van der Waals surface area (Å²) in [6.45, 7) is 7.51. The first-order valence-corrected chi connectivity index (χ1v) is 8.67. The topological polar surface area (TPSA) is 42.7 Å². The summed E-state index contributed by atoms with van der Waals surface area (Å²) in [7, 11) is 2.00. The van der Waals surface area contributed by atoms with E-state index in [2.05, 4.69) is 31.2 Å². The van der Waals surface area contributed by atoms with Crippen LogP contribution in [0, 0.1) is 13.8 Å². The quantitative estimate of drug-likeness (QED) is 0.939. The highest BCUT2D eigenvalue weighted by atomic mass is 32.1. The van der Waals surface area contributed by atoms with E-state index < -0.39 is 0 Å². The number of hydrogen-bond donors (Lipinski definition) is 1. The molecule has 3 rings (SSSR count). The van der Waals surface area contributed by atoms with Gasteiger partial charge < -0.3 is 5.32 Å². The lowest BCUT2D eigenvalue weighted by molar-refractivity contribution is 0.465. The Balaban J connectivity index is 1.98. The number of nitrogens with zero attached hydrogens (tertiary/aromatic N) is 3. The molecule has 0 saturated carbocycles. The van der Waals surface area contributed by atoms with Crippen LogP contribution in [0.5, 0.6) is 0 Å². The summed E-state index contributed by atoms with van der Waals surface area (Å²) >= 11 is 1.86. The monoisotopic (exact) mass is 304 g/mol. The fourth-order valence-corrected chi connectivity index (χ4v) is 4.49. The Labute approximate surface area is 130 Å². The molecular weight excluding hydrogens is 280 g/mol. The normalized spacial score (nSPS) is 18.0. The summed E-state index contributed by atoms with van der Waals surface area (Å²) in [6.07, 6.45) is 4.77.